The van der Waals surface area contributed by atoms with Crippen molar-refractivity contribution in [2.24, 2.45) is 0 Å². The number of halogens is 3. The molecule has 186 valence electrons. The minimum Gasteiger partial charge on any atom is -0.507 e. The number of aliphatic hydroxyl groups excluding tert-OH is 1. The number of methoxy groups -OCH3 is 1. The number of carbonyl (C=O) groups excluding carboxylic acids is 2. The number of anilines is 1. The highest BCUT2D eigenvalue weighted by Gasteiger charge is 2.47. The summed E-state index contributed by atoms with van der Waals surface area (Å²) in [6, 6.07) is 10.1. The standard InChI is InChI=1S/C26H21F3N2O5/c1-14-12-20(35-3)15(2)11-19(14)23(32)21-22(16-7-9-30-10-8-16)31(25(34)24(21)33)17-5-4-6-18(13-17)36-26(27,28)29/h4-13,22,32H,1-3H3/b23-21+. The van der Waals surface area contributed by atoms with Gasteiger partial charge in [-0.15, -0.1) is 13.2 Å². The molecule has 1 aliphatic rings. The van der Waals surface area contributed by atoms with E-state index in [0.29, 0.717) is 28.0 Å². The Hall–Kier alpha value is -4.34. The number of Topliss-reactive ketones (excluding diaryl/α,β-unsaturated/α-hetero) is 1. The highest BCUT2D eigenvalue weighted by molar-refractivity contribution is 6.51. The fourth-order valence-corrected chi connectivity index (χ4v) is 4.20. The van der Waals surface area contributed by atoms with E-state index in [1.165, 1.54) is 31.6 Å². The van der Waals surface area contributed by atoms with Crippen molar-refractivity contribution in [3.63, 3.8) is 0 Å². The van der Waals surface area contributed by atoms with E-state index in [4.69, 9.17) is 4.74 Å². The number of nitrogens with zero attached hydrogens (tertiary/aromatic N) is 2. The summed E-state index contributed by atoms with van der Waals surface area (Å²) in [4.78, 5) is 31.5. The summed E-state index contributed by atoms with van der Waals surface area (Å²) in [6.45, 7) is 3.48. The van der Waals surface area contributed by atoms with Gasteiger partial charge in [0.05, 0.1) is 18.7 Å². The first-order valence-corrected chi connectivity index (χ1v) is 10.7. The minimum atomic E-state index is -4.94. The van der Waals surface area contributed by atoms with E-state index in [1.807, 2.05) is 0 Å². The lowest BCUT2D eigenvalue weighted by molar-refractivity contribution is -0.274. The van der Waals surface area contributed by atoms with Crippen LogP contribution in [-0.2, 0) is 9.59 Å². The van der Waals surface area contributed by atoms with Crippen LogP contribution in [0.15, 0.2) is 66.5 Å². The molecule has 0 spiro atoms. The van der Waals surface area contributed by atoms with Crippen molar-refractivity contribution in [1.82, 2.24) is 4.98 Å². The monoisotopic (exact) mass is 498 g/mol. The zero-order chi connectivity index (χ0) is 26.2. The number of amides is 1. The highest BCUT2D eigenvalue weighted by Crippen LogP contribution is 2.43. The third kappa shape index (κ3) is 4.61. The normalized spacial score (nSPS) is 17.4. The smallest absolute Gasteiger partial charge is 0.507 e. The number of hydrogen-bond donors (Lipinski definition) is 1. The third-order valence-electron chi connectivity index (χ3n) is 5.79. The van der Waals surface area contributed by atoms with E-state index >= 15 is 0 Å². The summed E-state index contributed by atoms with van der Waals surface area (Å²) in [6.07, 6.45) is -2.05. The highest BCUT2D eigenvalue weighted by atomic mass is 19.4. The van der Waals surface area contributed by atoms with Gasteiger partial charge in [0.25, 0.3) is 11.7 Å². The van der Waals surface area contributed by atoms with E-state index in [0.717, 1.165) is 17.0 Å². The molecule has 1 unspecified atom stereocenters. The molecule has 3 aromatic rings. The quantitative estimate of drug-likeness (QED) is 0.294. The lowest BCUT2D eigenvalue weighted by atomic mass is 9.93. The average molecular weight is 498 g/mol. The molecule has 1 aliphatic heterocycles. The van der Waals surface area contributed by atoms with Crippen LogP contribution in [0, 0.1) is 13.8 Å². The Morgan fingerprint density at radius 2 is 1.72 bits per heavy atom. The fourth-order valence-electron chi connectivity index (χ4n) is 4.20. The Bertz CT molecular complexity index is 1370. The molecule has 36 heavy (non-hydrogen) atoms. The molecule has 2 heterocycles. The maximum absolute atomic E-state index is 13.3. The number of aryl methyl sites for hydroxylation is 2. The Balaban J connectivity index is 1.92. The van der Waals surface area contributed by atoms with Gasteiger partial charge in [0.1, 0.15) is 17.3 Å². The molecule has 0 radical (unpaired) electrons. The first kappa shape index (κ1) is 24.8. The fraction of sp³-hybridized carbons (Fsp3) is 0.192. The van der Waals surface area contributed by atoms with Gasteiger partial charge in [0, 0.05) is 29.7 Å². The molecule has 0 aliphatic carbocycles. The summed E-state index contributed by atoms with van der Waals surface area (Å²) >= 11 is 0. The van der Waals surface area contributed by atoms with Crippen LogP contribution in [-0.4, -0.2) is 35.3 Å². The molecule has 1 atom stereocenters. The van der Waals surface area contributed by atoms with E-state index < -0.39 is 35.6 Å². The lowest BCUT2D eigenvalue weighted by Gasteiger charge is -2.26. The first-order chi connectivity index (χ1) is 17.0. The van der Waals surface area contributed by atoms with Crippen LogP contribution < -0.4 is 14.4 Å². The maximum Gasteiger partial charge on any atom is 0.573 e. The number of alkyl halides is 3. The van der Waals surface area contributed by atoms with Crippen molar-refractivity contribution >= 4 is 23.1 Å². The second-order valence-corrected chi connectivity index (χ2v) is 8.13. The zero-order valence-corrected chi connectivity index (χ0v) is 19.5. The molecule has 7 nitrogen and oxygen atoms in total. The van der Waals surface area contributed by atoms with Crippen molar-refractivity contribution in [2.45, 2.75) is 26.3 Å². The number of hydrogen-bond acceptors (Lipinski definition) is 6. The van der Waals surface area contributed by atoms with Crippen LogP contribution >= 0.6 is 0 Å². The molecular formula is C26H21F3N2O5. The Kier molecular flexibility index (Phi) is 6.45. The Morgan fingerprint density at radius 1 is 1.03 bits per heavy atom. The number of ether oxygens (including phenoxy) is 2. The van der Waals surface area contributed by atoms with Gasteiger partial charge in [-0.1, -0.05) is 6.07 Å². The molecular weight excluding hydrogens is 477 g/mol. The summed E-state index contributed by atoms with van der Waals surface area (Å²) in [5, 5.41) is 11.3. The zero-order valence-electron chi connectivity index (χ0n) is 19.5. The largest absolute Gasteiger partial charge is 0.573 e. The summed E-state index contributed by atoms with van der Waals surface area (Å²) < 4.78 is 47.7. The van der Waals surface area contributed by atoms with Crippen LogP contribution in [0.1, 0.15) is 28.3 Å². The second-order valence-electron chi connectivity index (χ2n) is 8.13. The molecule has 1 aromatic heterocycles. The van der Waals surface area contributed by atoms with Crippen LogP contribution in [0.5, 0.6) is 11.5 Å². The van der Waals surface area contributed by atoms with Gasteiger partial charge in [-0.25, -0.2) is 0 Å². The van der Waals surface area contributed by atoms with Crippen molar-refractivity contribution in [1.29, 1.82) is 0 Å². The van der Waals surface area contributed by atoms with Crippen LogP contribution in [0.2, 0.25) is 0 Å². The van der Waals surface area contributed by atoms with Crippen molar-refractivity contribution in [3.8, 4) is 11.5 Å². The van der Waals surface area contributed by atoms with E-state index in [-0.39, 0.29) is 11.3 Å². The molecule has 0 saturated carbocycles. The number of rotatable bonds is 5. The Morgan fingerprint density at radius 3 is 2.36 bits per heavy atom. The third-order valence-corrected chi connectivity index (χ3v) is 5.79. The summed E-state index contributed by atoms with van der Waals surface area (Å²) in [5.74, 6) is -2.38. The van der Waals surface area contributed by atoms with Crippen LogP contribution in [0.4, 0.5) is 18.9 Å². The number of aromatic nitrogens is 1. The molecule has 4 rings (SSSR count). The van der Waals surface area contributed by atoms with Crippen molar-refractivity contribution in [3.05, 3.63) is 88.8 Å². The van der Waals surface area contributed by atoms with Gasteiger partial charge in [-0.05, 0) is 66.9 Å². The predicted molar refractivity (Wildman–Crippen MR) is 125 cm³/mol. The minimum absolute atomic E-state index is 0.0117. The maximum atomic E-state index is 13.3. The number of pyridine rings is 1. The van der Waals surface area contributed by atoms with Gasteiger partial charge in [-0.2, -0.15) is 0 Å². The molecule has 1 saturated heterocycles. The van der Waals surface area contributed by atoms with Crippen molar-refractivity contribution < 1.29 is 37.3 Å². The molecule has 1 N–H and O–H groups in total. The molecule has 0 bridgehead atoms. The average Bonchev–Trinajstić information content (AvgIpc) is 3.10. The van der Waals surface area contributed by atoms with Gasteiger partial charge in [0.15, 0.2) is 0 Å². The van der Waals surface area contributed by atoms with E-state index in [9.17, 15) is 27.9 Å². The lowest BCUT2D eigenvalue weighted by Crippen LogP contribution is -2.29. The van der Waals surface area contributed by atoms with Crippen molar-refractivity contribution in [2.75, 3.05) is 12.0 Å². The number of ketones is 1. The molecule has 1 fully saturated rings. The number of benzene rings is 2. The number of carbonyl (C=O) groups is 2. The molecule has 10 heteroatoms. The number of aliphatic hydroxyl groups is 1. The summed E-state index contributed by atoms with van der Waals surface area (Å²) in [7, 11) is 1.51. The topological polar surface area (TPSA) is 89.0 Å². The van der Waals surface area contributed by atoms with Gasteiger partial charge >= 0.3 is 6.36 Å². The van der Waals surface area contributed by atoms with Gasteiger partial charge < -0.3 is 14.6 Å². The van der Waals surface area contributed by atoms with Crippen LogP contribution in [0.25, 0.3) is 5.76 Å². The summed E-state index contributed by atoms with van der Waals surface area (Å²) in [5.41, 5.74) is 1.81. The van der Waals surface area contributed by atoms with E-state index in [2.05, 4.69) is 9.72 Å². The van der Waals surface area contributed by atoms with Gasteiger partial charge in [0.2, 0.25) is 0 Å². The Labute approximate surface area is 204 Å². The first-order valence-electron chi connectivity index (χ1n) is 10.7. The molecule has 2 aromatic carbocycles. The van der Waals surface area contributed by atoms with E-state index in [1.54, 1.807) is 38.1 Å². The van der Waals surface area contributed by atoms with Gasteiger partial charge in [-0.3, -0.25) is 19.5 Å². The molecule has 1 amide bonds. The predicted octanol–water partition coefficient (Wildman–Crippen LogP) is 5.23. The second kappa shape index (κ2) is 9.37. The SMILES string of the molecule is COc1cc(C)c(/C(O)=C2\C(=O)C(=O)N(c3cccc(OC(F)(F)F)c3)C2c2ccncc2)cc1C. The van der Waals surface area contributed by atoms with Crippen LogP contribution in [0.3, 0.4) is 0 Å².